The summed E-state index contributed by atoms with van der Waals surface area (Å²) in [5.74, 6) is -0.307. The van der Waals surface area contributed by atoms with Gasteiger partial charge in [0, 0.05) is 5.69 Å². The lowest BCUT2D eigenvalue weighted by Gasteiger charge is -2.38. The Morgan fingerprint density at radius 3 is 2.62 bits per heavy atom. The smallest absolute Gasteiger partial charge is 0.247 e. The zero-order valence-electron chi connectivity index (χ0n) is 12.2. The zero-order chi connectivity index (χ0) is 14.9. The minimum Gasteiger partial charge on any atom is -0.367 e. The van der Waals surface area contributed by atoms with E-state index in [0.717, 1.165) is 36.1 Å². The van der Waals surface area contributed by atoms with Gasteiger partial charge in [-0.05, 0) is 48.9 Å². The molecule has 1 aliphatic carbocycles. The lowest BCUT2D eigenvalue weighted by atomic mass is 9.75. The van der Waals surface area contributed by atoms with E-state index in [1.807, 2.05) is 49.4 Å². The molecular formula is C18H20N2O. The number of fused-ring (bicyclic) bond motifs is 1. The Morgan fingerprint density at radius 2 is 1.86 bits per heavy atom. The van der Waals surface area contributed by atoms with Crippen LogP contribution in [-0.2, 0) is 16.8 Å². The highest BCUT2D eigenvalue weighted by atomic mass is 16.1. The fourth-order valence-electron chi connectivity index (χ4n) is 3.22. The predicted octanol–water partition coefficient (Wildman–Crippen LogP) is 3.12. The normalized spacial score (nSPS) is 20.6. The molecule has 0 spiro atoms. The number of primary amides is 1. The Morgan fingerprint density at radius 1 is 1.14 bits per heavy atom. The zero-order valence-corrected chi connectivity index (χ0v) is 12.2. The van der Waals surface area contributed by atoms with Crippen molar-refractivity contribution in [3.8, 4) is 0 Å². The van der Waals surface area contributed by atoms with E-state index in [4.69, 9.17) is 5.73 Å². The first-order valence-electron chi connectivity index (χ1n) is 7.35. The highest BCUT2D eigenvalue weighted by Crippen LogP contribution is 2.38. The van der Waals surface area contributed by atoms with Crippen molar-refractivity contribution in [1.82, 2.24) is 0 Å². The average Bonchev–Trinajstić information content (AvgIpc) is 2.49. The molecule has 0 radical (unpaired) electrons. The van der Waals surface area contributed by atoms with Crippen LogP contribution < -0.4 is 11.1 Å². The maximum absolute atomic E-state index is 12.3. The summed E-state index contributed by atoms with van der Waals surface area (Å²) in [7, 11) is 0. The van der Waals surface area contributed by atoms with E-state index in [1.54, 1.807) is 0 Å². The lowest BCUT2D eigenvalue weighted by Crippen LogP contribution is -2.50. The van der Waals surface area contributed by atoms with Crippen LogP contribution in [0, 0.1) is 6.92 Å². The van der Waals surface area contributed by atoms with Gasteiger partial charge in [-0.2, -0.15) is 0 Å². The van der Waals surface area contributed by atoms with Crippen molar-refractivity contribution in [2.24, 2.45) is 5.73 Å². The molecule has 0 fully saturated rings. The number of carbonyl (C=O) groups is 1. The highest BCUT2D eigenvalue weighted by Gasteiger charge is 2.42. The van der Waals surface area contributed by atoms with E-state index in [9.17, 15) is 4.79 Å². The van der Waals surface area contributed by atoms with Crippen LogP contribution in [-0.4, -0.2) is 5.91 Å². The Hall–Kier alpha value is -2.29. The fourth-order valence-corrected chi connectivity index (χ4v) is 3.22. The van der Waals surface area contributed by atoms with Crippen molar-refractivity contribution in [3.63, 3.8) is 0 Å². The highest BCUT2D eigenvalue weighted by molar-refractivity contribution is 5.90. The summed E-state index contributed by atoms with van der Waals surface area (Å²) >= 11 is 0. The number of nitrogens with one attached hydrogen (secondary N) is 1. The summed E-state index contributed by atoms with van der Waals surface area (Å²) in [4.78, 5) is 12.3. The van der Waals surface area contributed by atoms with Gasteiger partial charge in [-0.1, -0.05) is 42.5 Å². The molecule has 3 heteroatoms. The minimum absolute atomic E-state index is 0.307. The van der Waals surface area contributed by atoms with Crippen molar-refractivity contribution in [1.29, 1.82) is 0 Å². The van der Waals surface area contributed by atoms with E-state index >= 15 is 0 Å². The van der Waals surface area contributed by atoms with Gasteiger partial charge < -0.3 is 11.1 Å². The van der Waals surface area contributed by atoms with Crippen LogP contribution in [0.3, 0.4) is 0 Å². The molecule has 0 saturated heterocycles. The maximum atomic E-state index is 12.3. The van der Waals surface area contributed by atoms with E-state index in [2.05, 4.69) is 11.4 Å². The molecule has 0 heterocycles. The maximum Gasteiger partial charge on any atom is 0.247 e. The second-order valence-electron chi connectivity index (χ2n) is 5.72. The molecule has 0 aromatic heterocycles. The first kappa shape index (κ1) is 13.7. The molecule has 0 bridgehead atoms. The van der Waals surface area contributed by atoms with Gasteiger partial charge in [0.05, 0.1) is 0 Å². The largest absolute Gasteiger partial charge is 0.367 e. The topological polar surface area (TPSA) is 55.1 Å². The van der Waals surface area contributed by atoms with Gasteiger partial charge in [-0.3, -0.25) is 4.79 Å². The molecule has 1 atom stereocenters. The molecular weight excluding hydrogens is 260 g/mol. The number of aryl methyl sites for hydroxylation is 2. The first-order chi connectivity index (χ1) is 10.1. The summed E-state index contributed by atoms with van der Waals surface area (Å²) in [5, 5.41) is 3.44. The number of para-hydroxylation sites is 1. The molecule has 0 aliphatic heterocycles. The van der Waals surface area contributed by atoms with Crippen LogP contribution in [0.5, 0.6) is 0 Å². The number of hydrogen-bond acceptors (Lipinski definition) is 2. The number of rotatable bonds is 3. The van der Waals surface area contributed by atoms with E-state index < -0.39 is 5.54 Å². The fraction of sp³-hybridized carbons (Fsp3) is 0.278. The summed E-state index contributed by atoms with van der Waals surface area (Å²) in [6.07, 6.45) is 2.69. The van der Waals surface area contributed by atoms with Gasteiger partial charge in [0.15, 0.2) is 0 Å². The summed E-state index contributed by atoms with van der Waals surface area (Å²) in [6, 6.07) is 16.1. The molecule has 108 valence electrons. The SMILES string of the molecule is Cc1ccccc1NC1(C(N)=O)CCCc2ccccc21. The van der Waals surface area contributed by atoms with Crippen LogP contribution in [0.4, 0.5) is 5.69 Å². The van der Waals surface area contributed by atoms with Crippen LogP contribution >= 0.6 is 0 Å². The van der Waals surface area contributed by atoms with Crippen molar-refractivity contribution in [2.45, 2.75) is 31.7 Å². The standard InChI is InChI=1S/C18H20N2O/c1-13-7-2-5-11-16(13)20-18(17(19)21)12-6-9-14-8-3-4-10-15(14)18/h2-5,7-8,10-11,20H,6,9,12H2,1H3,(H2,19,21). The summed E-state index contributed by atoms with van der Waals surface area (Å²) in [6.45, 7) is 2.03. The Balaban J connectivity index is 2.11. The Labute approximate surface area is 125 Å². The summed E-state index contributed by atoms with van der Waals surface area (Å²) in [5.41, 5.74) is 9.32. The number of amides is 1. The van der Waals surface area contributed by atoms with Crippen molar-refractivity contribution < 1.29 is 4.79 Å². The van der Waals surface area contributed by atoms with Gasteiger partial charge >= 0.3 is 0 Å². The van der Waals surface area contributed by atoms with Crippen LogP contribution in [0.1, 0.15) is 29.5 Å². The van der Waals surface area contributed by atoms with Gasteiger partial charge in [-0.25, -0.2) is 0 Å². The number of nitrogens with two attached hydrogens (primary N) is 1. The third kappa shape index (κ3) is 2.29. The quantitative estimate of drug-likeness (QED) is 0.907. The van der Waals surface area contributed by atoms with Crippen LogP contribution in [0.25, 0.3) is 0 Å². The molecule has 2 aromatic carbocycles. The van der Waals surface area contributed by atoms with E-state index in [0.29, 0.717) is 0 Å². The van der Waals surface area contributed by atoms with Crippen LogP contribution in [0.2, 0.25) is 0 Å². The average molecular weight is 280 g/mol. The molecule has 1 unspecified atom stereocenters. The second kappa shape index (κ2) is 5.24. The van der Waals surface area contributed by atoms with Crippen LogP contribution in [0.15, 0.2) is 48.5 Å². The monoisotopic (exact) mass is 280 g/mol. The number of anilines is 1. The van der Waals surface area contributed by atoms with E-state index in [1.165, 1.54) is 5.56 Å². The number of hydrogen-bond donors (Lipinski definition) is 2. The van der Waals surface area contributed by atoms with Crippen molar-refractivity contribution in [2.75, 3.05) is 5.32 Å². The molecule has 21 heavy (non-hydrogen) atoms. The van der Waals surface area contributed by atoms with Crippen molar-refractivity contribution in [3.05, 3.63) is 65.2 Å². The third-order valence-electron chi connectivity index (χ3n) is 4.39. The molecule has 1 aliphatic rings. The third-order valence-corrected chi connectivity index (χ3v) is 4.39. The number of benzene rings is 2. The van der Waals surface area contributed by atoms with E-state index in [-0.39, 0.29) is 5.91 Å². The molecule has 3 N–H and O–H groups in total. The second-order valence-corrected chi connectivity index (χ2v) is 5.72. The van der Waals surface area contributed by atoms with Gasteiger partial charge in [-0.15, -0.1) is 0 Å². The predicted molar refractivity (Wildman–Crippen MR) is 85.1 cm³/mol. The molecule has 3 nitrogen and oxygen atoms in total. The molecule has 3 rings (SSSR count). The molecule has 0 saturated carbocycles. The Kier molecular flexibility index (Phi) is 3.42. The number of carbonyl (C=O) groups excluding carboxylic acids is 1. The van der Waals surface area contributed by atoms with Crippen molar-refractivity contribution >= 4 is 11.6 Å². The molecule has 2 aromatic rings. The van der Waals surface area contributed by atoms with Gasteiger partial charge in [0.25, 0.3) is 0 Å². The van der Waals surface area contributed by atoms with Gasteiger partial charge in [0.1, 0.15) is 5.54 Å². The van der Waals surface area contributed by atoms with Gasteiger partial charge in [0.2, 0.25) is 5.91 Å². The summed E-state index contributed by atoms with van der Waals surface area (Å²) < 4.78 is 0. The Bertz CT molecular complexity index is 680. The first-order valence-corrected chi connectivity index (χ1v) is 7.35. The lowest BCUT2D eigenvalue weighted by molar-refractivity contribution is -0.123. The minimum atomic E-state index is -0.805. The molecule has 1 amide bonds.